The lowest BCUT2D eigenvalue weighted by molar-refractivity contribution is -0.384. The van der Waals surface area contributed by atoms with Crippen molar-refractivity contribution in [1.82, 2.24) is 4.98 Å². The van der Waals surface area contributed by atoms with Crippen LogP contribution in [0.15, 0.2) is 22.6 Å². The first-order chi connectivity index (χ1) is 8.63. The molecule has 0 bridgehead atoms. The summed E-state index contributed by atoms with van der Waals surface area (Å²) in [5.41, 5.74) is 1.06. The maximum Gasteiger partial charge on any atom is 0.295 e. The van der Waals surface area contributed by atoms with Crippen LogP contribution in [-0.4, -0.2) is 15.9 Å². The fourth-order valence-corrected chi connectivity index (χ4v) is 1.76. The molecule has 0 saturated heterocycles. The Kier molecular flexibility index (Phi) is 3.45. The van der Waals surface area contributed by atoms with Gasteiger partial charge in [0.05, 0.1) is 11.0 Å². The van der Waals surface area contributed by atoms with Crippen molar-refractivity contribution >= 4 is 22.8 Å². The highest BCUT2D eigenvalue weighted by Crippen LogP contribution is 2.24. The summed E-state index contributed by atoms with van der Waals surface area (Å²) in [5.74, 6) is 0. The second kappa shape index (κ2) is 5.03. The smallest absolute Gasteiger partial charge is 0.295 e. The van der Waals surface area contributed by atoms with Gasteiger partial charge in [-0.1, -0.05) is 13.8 Å². The molecular weight excluding hydrogens is 234 g/mol. The van der Waals surface area contributed by atoms with E-state index in [1.54, 1.807) is 6.07 Å². The topological polar surface area (TPSA) is 81.2 Å². The molecule has 18 heavy (non-hydrogen) atoms. The van der Waals surface area contributed by atoms with Gasteiger partial charge >= 0.3 is 0 Å². The van der Waals surface area contributed by atoms with Crippen molar-refractivity contribution < 1.29 is 9.34 Å². The molecule has 2 rings (SSSR count). The molecule has 0 radical (unpaired) electrons. The van der Waals surface area contributed by atoms with Gasteiger partial charge in [-0.05, 0) is 18.9 Å². The van der Waals surface area contributed by atoms with E-state index in [2.05, 4.69) is 24.1 Å². The summed E-state index contributed by atoms with van der Waals surface area (Å²) in [6.07, 6.45) is 1.94. The Morgan fingerprint density at radius 3 is 2.78 bits per heavy atom. The third-order valence-corrected chi connectivity index (χ3v) is 2.90. The van der Waals surface area contributed by atoms with Gasteiger partial charge in [0, 0.05) is 12.1 Å². The number of benzene rings is 1. The van der Waals surface area contributed by atoms with E-state index in [1.165, 1.54) is 12.1 Å². The van der Waals surface area contributed by atoms with Crippen molar-refractivity contribution in [3.05, 3.63) is 28.3 Å². The number of hydrogen-bond acceptors (Lipinski definition) is 5. The SMILES string of the molecule is CCC(CC)Nc1nc2ccc([N+](=O)[O-])cc2o1. The van der Waals surface area contributed by atoms with Gasteiger partial charge in [-0.2, -0.15) is 4.98 Å². The van der Waals surface area contributed by atoms with Crippen LogP contribution in [-0.2, 0) is 0 Å². The molecule has 0 unspecified atom stereocenters. The van der Waals surface area contributed by atoms with E-state index in [0.717, 1.165) is 12.8 Å². The number of nitrogens with zero attached hydrogens (tertiary/aromatic N) is 2. The largest absolute Gasteiger partial charge is 0.423 e. The number of nitro groups is 1. The highest BCUT2D eigenvalue weighted by molar-refractivity contribution is 5.77. The predicted molar refractivity (Wildman–Crippen MR) is 68.7 cm³/mol. The zero-order valence-electron chi connectivity index (χ0n) is 10.3. The lowest BCUT2D eigenvalue weighted by Gasteiger charge is -2.11. The molecule has 0 aliphatic rings. The zero-order valence-corrected chi connectivity index (χ0v) is 10.3. The molecule has 6 heteroatoms. The molecule has 1 heterocycles. The zero-order chi connectivity index (χ0) is 13.1. The van der Waals surface area contributed by atoms with Crippen LogP contribution in [0.3, 0.4) is 0 Å². The molecule has 0 saturated carbocycles. The average Bonchev–Trinajstić information content (AvgIpc) is 2.76. The average molecular weight is 249 g/mol. The first-order valence-electron chi connectivity index (χ1n) is 5.95. The van der Waals surface area contributed by atoms with Gasteiger partial charge in [-0.25, -0.2) is 0 Å². The quantitative estimate of drug-likeness (QED) is 0.649. The summed E-state index contributed by atoms with van der Waals surface area (Å²) in [6.45, 7) is 4.16. The van der Waals surface area contributed by atoms with Crippen LogP contribution in [0.25, 0.3) is 11.1 Å². The molecule has 1 aromatic carbocycles. The maximum absolute atomic E-state index is 10.6. The van der Waals surface area contributed by atoms with E-state index in [9.17, 15) is 10.1 Å². The second-order valence-electron chi connectivity index (χ2n) is 4.09. The maximum atomic E-state index is 10.6. The molecule has 6 nitrogen and oxygen atoms in total. The fourth-order valence-electron chi connectivity index (χ4n) is 1.76. The Balaban J connectivity index is 2.29. The summed E-state index contributed by atoms with van der Waals surface area (Å²) in [5, 5.41) is 13.8. The van der Waals surface area contributed by atoms with Gasteiger partial charge in [-0.3, -0.25) is 10.1 Å². The summed E-state index contributed by atoms with van der Waals surface area (Å²) in [6, 6.07) is 5.12. The first-order valence-corrected chi connectivity index (χ1v) is 5.95. The third-order valence-electron chi connectivity index (χ3n) is 2.90. The lowest BCUT2D eigenvalue weighted by Crippen LogP contribution is -2.16. The molecule has 0 aliphatic carbocycles. The normalized spacial score (nSPS) is 11.1. The van der Waals surface area contributed by atoms with Crippen LogP contribution in [0.4, 0.5) is 11.7 Å². The van der Waals surface area contributed by atoms with Gasteiger partial charge in [0.15, 0.2) is 5.58 Å². The standard InChI is InChI=1S/C12H15N3O3/c1-3-8(4-2)13-12-14-10-6-5-9(15(16)17)7-11(10)18-12/h5-8H,3-4H2,1-2H3,(H,13,14). The van der Waals surface area contributed by atoms with Crippen LogP contribution in [0, 0.1) is 10.1 Å². The predicted octanol–water partition coefficient (Wildman–Crippen LogP) is 3.34. The van der Waals surface area contributed by atoms with Crippen LogP contribution >= 0.6 is 0 Å². The molecule has 0 spiro atoms. The van der Waals surface area contributed by atoms with E-state index in [4.69, 9.17) is 4.42 Å². The Bertz CT molecular complexity index is 561. The minimum atomic E-state index is -0.448. The highest BCUT2D eigenvalue weighted by atomic mass is 16.6. The number of oxazole rings is 1. The Labute approximate surface area is 104 Å². The van der Waals surface area contributed by atoms with Gasteiger partial charge in [-0.15, -0.1) is 0 Å². The van der Waals surface area contributed by atoms with Crippen LogP contribution in [0.5, 0.6) is 0 Å². The van der Waals surface area contributed by atoms with Crippen molar-refractivity contribution in [2.24, 2.45) is 0 Å². The number of nitrogens with one attached hydrogen (secondary N) is 1. The lowest BCUT2D eigenvalue weighted by atomic mass is 10.2. The third kappa shape index (κ3) is 2.42. The molecular formula is C12H15N3O3. The van der Waals surface area contributed by atoms with Crippen molar-refractivity contribution in [3.8, 4) is 0 Å². The van der Waals surface area contributed by atoms with E-state index in [0.29, 0.717) is 23.2 Å². The fraction of sp³-hybridized carbons (Fsp3) is 0.417. The first kappa shape index (κ1) is 12.3. The second-order valence-corrected chi connectivity index (χ2v) is 4.09. The van der Waals surface area contributed by atoms with Crippen LogP contribution in [0.1, 0.15) is 26.7 Å². The molecule has 0 aliphatic heterocycles. The van der Waals surface area contributed by atoms with E-state index in [-0.39, 0.29) is 5.69 Å². The van der Waals surface area contributed by atoms with E-state index >= 15 is 0 Å². The van der Waals surface area contributed by atoms with Crippen LogP contribution in [0.2, 0.25) is 0 Å². The number of aromatic nitrogens is 1. The number of hydrogen-bond donors (Lipinski definition) is 1. The Hall–Kier alpha value is -2.11. The van der Waals surface area contributed by atoms with E-state index in [1.807, 2.05) is 0 Å². The number of fused-ring (bicyclic) bond motifs is 1. The van der Waals surface area contributed by atoms with Crippen molar-refractivity contribution in [2.75, 3.05) is 5.32 Å². The molecule has 96 valence electrons. The van der Waals surface area contributed by atoms with Crippen molar-refractivity contribution in [1.29, 1.82) is 0 Å². The Morgan fingerprint density at radius 1 is 1.44 bits per heavy atom. The number of non-ortho nitro benzene ring substituents is 1. The molecule has 2 aromatic rings. The molecule has 0 atom stereocenters. The molecule has 0 amide bonds. The highest BCUT2D eigenvalue weighted by Gasteiger charge is 2.13. The van der Waals surface area contributed by atoms with Crippen LogP contribution < -0.4 is 5.32 Å². The summed E-state index contributed by atoms with van der Waals surface area (Å²) >= 11 is 0. The van der Waals surface area contributed by atoms with Crippen molar-refractivity contribution in [3.63, 3.8) is 0 Å². The molecule has 0 fully saturated rings. The number of nitro benzene ring substituents is 1. The minimum Gasteiger partial charge on any atom is -0.423 e. The van der Waals surface area contributed by atoms with Crippen molar-refractivity contribution in [2.45, 2.75) is 32.7 Å². The van der Waals surface area contributed by atoms with Gasteiger partial charge in [0.2, 0.25) is 0 Å². The summed E-state index contributed by atoms with van der Waals surface area (Å²) in [7, 11) is 0. The van der Waals surface area contributed by atoms with Gasteiger partial charge in [0.1, 0.15) is 5.52 Å². The number of rotatable bonds is 5. The minimum absolute atomic E-state index is 0.00716. The summed E-state index contributed by atoms with van der Waals surface area (Å²) < 4.78 is 5.47. The monoisotopic (exact) mass is 249 g/mol. The van der Waals surface area contributed by atoms with Gasteiger partial charge < -0.3 is 9.73 Å². The Morgan fingerprint density at radius 2 is 2.17 bits per heavy atom. The molecule has 1 N–H and O–H groups in total. The van der Waals surface area contributed by atoms with E-state index < -0.39 is 4.92 Å². The van der Waals surface area contributed by atoms with Gasteiger partial charge in [0.25, 0.3) is 11.7 Å². The summed E-state index contributed by atoms with van der Waals surface area (Å²) in [4.78, 5) is 14.4. The number of anilines is 1. The molecule has 1 aromatic heterocycles.